The van der Waals surface area contributed by atoms with Gasteiger partial charge >= 0.3 is 6.18 Å². The quantitative estimate of drug-likeness (QED) is 0.405. The summed E-state index contributed by atoms with van der Waals surface area (Å²) in [5.41, 5.74) is 0.532. The number of alkyl halides is 3. The van der Waals surface area contributed by atoms with Crippen molar-refractivity contribution in [2.45, 2.75) is 12.1 Å². The highest BCUT2D eigenvalue weighted by molar-refractivity contribution is 6.35. The maximum absolute atomic E-state index is 13.6. The molecule has 1 aromatic heterocycles. The standard InChI is InChI=1S/C21H14Cl2F4N2O3/c22-15-8-13(9-16(23)19(15)24)14(21(25,26)27)3-1-11-2-4-17-12(7-11)5-6-29(17)18(30)10-28-20(31)32/h1-9,14,28H,10H2,(H,31,32)/p-1. The predicted molar refractivity (Wildman–Crippen MR) is 110 cm³/mol. The van der Waals surface area contributed by atoms with Crippen LogP contribution in [0.2, 0.25) is 10.0 Å². The minimum Gasteiger partial charge on any atom is -0.530 e. The van der Waals surface area contributed by atoms with Crippen molar-refractivity contribution in [3.63, 3.8) is 0 Å². The number of halogens is 6. The molecule has 0 radical (unpaired) electrons. The van der Waals surface area contributed by atoms with Gasteiger partial charge in [-0.3, -0.25) is 9.36 Å². The summed E-state index contributed by atoms with van der Waals surface area (Å²) < 4.78 is 55.7. The van der Waals surface area contributed by atoms with E-state index in [4.69, 9.17) is 23.2 Å². The summed E-state index contributed by atoms with van der Waals surface area (Å²) in [6, 6.07) is 7.87. The van der Waals surface area contributed by atoms with Crippen molar-refractivity contribution in [2.75, 3.05) is 6.54 Å². The fourth-order valence-electron chi connectivity index (χ4n) is 3.09. The van der Waals surface area contributed by atoms with E-state index in [9.17, 15) is 32.3 Å². The van der Waals surface area contributed by atoms with Crippen LogP contribution in [0.4, 0.5) is 22.4 Å². The fraction of sp³-hybridized carbons (Fsp3) is 0.143. The highest BCUT2D eigenvalue weighted by Gasteiger charge is 2.39. The van der Waals surface area contributed by atoms with E-state index in [0.29, 0.717) is 16.5 Å². The summed E-state index contributed by atoms with van der Waals surface area (Å²) in [7, 11) is 0. The monoisotopic (exact) mass is 487 g/mol. The van der Waals surface area contributed by atoms with Crippen LogP contribution in [0.15, 0.2) is 48.7 Å². The van der Waals surface area contributed by atoms with Gasteiger partial charge in [0.2, 0.25) is 5.91 Å². The number of carboxylic acid groups (broad SMARTS) is 1. The molecule has 1 unspecified atom stereocenters. The highest BCUT2D eigenvalue weighted by Crippen LogP contribution is 2.39. The summed E-state index contributed by atoms with van der Waals surface area (Å²) in [4.78, 5) is 22.5. The number of rotatable bonds is 5. The molecule has 168 valence electrons. The molecule has 0 saturated carbocycles. The van der Waals surface area contributed by atoms with Gasteiger partial charge in [0.25, 0.3) is 0 Å². The lowest BCUT2D eigenvalue weighted by atomic mass is 9.97. The van der Waals surface area contributed by atoms with Gasteiger partial charge in [0.1, 0.15) is 6.09 Å². The zero-order valence-corrected chi connectivity index (χ0v) is 17.4. The molecule has 0 aliphatic carbocycles. The molecule has 0 bridgehead atoms. The van der Waals surface area contributed by atoms with Gasteiger partial charge in [-0.05, 0) is 41.5 Å². The van der Waals surface area contributed by atoms with Crippen molar-refractivity contribution in [2.24, 2.45) is 0 Å². The number of nitrogens with zero attached hydrogens (tertiary/aromatic N) is 1. The van der Waals surface area contributed by atoms with E-state index in [2.05, 4.69) is 0 Å². The van der Waals surface area contributed by atoms with Crippen molar-refractivity contribution < 1.29 is 32.3 Å². The van der Waals surface area contributed by atoms with Crippen LogP contribution in [-0.4, -0.2) is 29.3 Å². The Labute approximate surface area is 188 Å². The predicted octanol–water partition coefficient (Wildman–Crippen LogP) is 5.02. The lowest BCUT2D eigenvalue weighted by Gasteiger charge is -2.18. The van der Waals surface area contributed by atoms with Gasteiger partial charge in [-0.25, -0.2) is 4.39 Å². The van der Waals surface area contributed by atoms with Crippen molar-refractivity contribution in [1.82, 2.24) is 9.88 Å². The van der Waals surface area contributed by atoms with Crippen LogP contribution < -0.4 is 10.4 Å². The van der Waals surface area contributed by atoms with E-state index >= 15 is 0 Å². The van der Waals surface area contributed by atoms with Crippen LogP contribution in [0.25, 0.3) is 17.0 Å². The van der Waals surface area contributed by atoms with Crippen LogP contribution in [0.5, 0.6) is 0 Å². The van der Waals surface area contributed by atoms with Gasteiger partial charge in [0.15, 0.2) is 5.82 Å². The third kappa shape index (κ3) is 5.23. The van der Waals surface area contributed by atoms with Crippen LogP contribution in [0, 0.1) is 5.82 Å². The second-order valence-electron chi connectivity index (χ2n) is 6.72. The molecule has 1 N–H and O–H groups in total. The number of hydrogen-bond donors (Lipinski definition) is 1. The molecule has 1 heterocycles. The lowest BCUT2D eigenvalue weighted by Crippen LogP contribution is -2.40. The van der Waals surface area contributed by atoms with E-state index in [1.807, 2.05) is 5.32 Å². The van der Waals surface area contributed by atoms with Crippen molar-refractivity contribution >= 4 is 52.2 Å². The average Bonchev–Trinajstić information content (AvgIpc) is 3.12. The number of allylic oxidation sites excluding steroid dienone is 1. The zero-order valence-electron chi connectivity index (χ0n) is 15.9. The highest BCUT2D eigenvalue weighted by atomic mass is 35.5. The number of amides is 1. The molecule has 1 atom stereocenters. The Kier molecular flexibility index (Phi) is 6.80. The molecule has 0 aliphatic rings. The second-order valence-corrected chi connectivity index (χ2v) is 7.53. The molecule has 32 heavy (non-hydrogen) atoms. The van der Waals surface area contributed by atoms with Crippen molar-refractivity contribution in [1.29, 1.82) is 0 Å². The van der Waals surface area contributed by atoms with Gasteiger partial charge in [-0.1, -0.05) is 41.4 Å². The topological polar surface area (TPSA) is 74.2 Å². The Morgan fingerprint density at radius 3 is 2.38 bits per heavy atom. The first-order chi connectivity index (χ1) is 15.0. The van der Waals surface area contributed by atoms with E-state index in [-0.39, 0.29) is 5.56 Å². The first-order valence-corrected chi connectivity index (χ1v) is 9.71. The summed E-state index contributed by atoms with van der Waals surface area (Å²) in [6.07, 6.45) is -2.73. The number of fused-ring (bicyclic) bond motifs is 1. The molecule has 11 heteroatoms. The Morgan fingerprint density at radius 2 is 1.78 bits per heavy atom. The largest absolute Gasteiger partial charge is 0.530 e. The molecule has 0 spiro atoms. The maximum atomic E-state index is 13.6. The summed E-state index contributed by atoms with van der Waals surface area (Å²) in [5.74, 6) is -3.65. The molecule has 1 amide bonds. The molecule has 3 aromatic rings. The Morgan fingerprint density at radius 1 is 1.12 bits per heavy atom. The fourth-order valence-corrected chi connectivity index (χ4v) is 3.59. The van der Waals surface area contributed by atoms with Crippen molar-refractivity contribution in [3.05, 3.63) is 75.7 Å². The molecular weight excluding hydrogens is 475 g/mol. The van der Waals surface area contributed by atoms with E-state index in [1.165, 1.54) is 29.0 Å². The lowest BCUT2D eigenvalue weighted by molar-refractivity contribution is -0.250. The first kappa shape index (κ1) is 23.6. The summed E-state index contributed by atoms with van der Waals surface area (Å²) >= 11 is 11.3. The zero-order chi connectivity index (χ0) is 23.6. The van der Waals surface area contributed by atoms with Crippen LogP contribution in [-0.2, 0) is 0 Å². The number of carbonyl (C=O) groups is 2. The third-order valence-corrected chi connectivity index (χ3v) is 5.12. The number of aromatic nitrogens is 1. The van der Waals surface area contributed by atoms with Crippen LogP contribution in [0.3, 0.4) is 0 Å². The maximum Gasteiger partial charge on any atom is 0.399 e. The number of benzene rings is 2. The molecule has 0 saturated heterocycles. The Bertz CT molecular complexity index is 1200. The van der Waals surface area contributed by atoms with E-state index in [0.717, 1.165) is 18.2 Å². The minimum atomic E-state index is -4.69. The van der Waals surface area contributed by atoms with Crippen LogP contribution >= 0.6 is 23.2 Å². The molecule has 2 aromatic carbocycles. The second kappa shape index (κ2) is 9.22. The van der Waals surface area contributed by atoms with Gasteiger partial charge in [0.05, 0.1) is 28.0 Å². The van der Waals surface area contributed by atoms with E-state index < -0.39 is 46.5 Å². The van der Waals surface area contributed by atoms with Gasteiger partial charge in [-0.2, -0.15) is 13.2 Å². The summed E-state index contributed by atoms with van der Waals surface area (Å²) in [6.45, 7) is -0.496. The first-order valence-electron chi connectivity index (χ1n) is 8.96. The van der Waals surface area contributed by atoms with Gasteiger partial charge in [0, 0.05) is 11.6 Å². The van der Waals surface area contributed by atoms with Crippen molar-refractivity contribution in [3.8, 4) is 0 Å². The van der Waals surface area contributed by atoms with Gasteiger partial charge < -0.3 is 15.2 Å². The summed E-state index contributed by atoms with van der Waals surface area (Å²) in [5, 5.41) is 11.8. The SMILES string of the molecule is O=C([O-])NCC(=O)n1ccc2cc(C=CC(c3cc(Cl)c(F)c(Cl)c3)C(F)(F)F)ccc21. The minimum absolute atomic E-state index is 0.316. The molecule has 0 fully saturated rings. The third-order valence-electron chi connectivity index (χ3n) is 4.57. The number of nitrogens with one attached hydrogen (secondary N) is 1. The number of carbonyl (C=O) groups excluding carboxylic acids is 2. The van der Waals surface area contributed by atoms with E-state index in [1.54, 1.807) is 12.1 Å². The van der Waals surface area contributed by atoms with Gasteiger partial charge in [-0.15, -0.1) is 0 Å². The average molecular weight is 488 g/mol. The smallest absolute Gasteiger partial charge is 0.399 e. The molecule has 5 nitrogen and oxygen atoms in total. The molecule has 3 rings (SSSR count). The molecule has 0 aliphatic heterocycles. The van der Waals surface area contributed by atoms with Crippen LogP contribution in [0.1, 0.15) is 21.8 Å². The Hall–Kier alpha value is -3.04. The molecular formula is C21H13Cl2F4N2O3-. The number of hydrogen-bond acceptors (Lipinski definition) is 3. The normalized spacial score (nSPS) is 12.9. The Balaban J connectivity index is 1.90.